The molecule has 3 aliphatic rings. The third-order valence-corrected chi connectivity index (χ3v) is 8.26. The summed E-state index contributed by atoms with van der Waals surface area (Å²) in [6.07, 6.45) is 8.80. The maximum atomic E-state index is 13.7. The van der Waals surface area contributed by atoms with Gasteiger partial charge in [0.1, 0.15) is 0 Å². The molecule has 1 unspecified atom stereocenters. The van der Waals surface area contributed by atoms with Gasteiger partial charge in [-0.1, -0.05) is 55.7 Å². The summed E-state index contributed by atoms with van der Waals surface area (Å²) < 4.78 is 4.90. The number of nitrogens with zero attached hydrogens (tertiary/aromatic N) is 3. The highest BCUT2D eigenvalue weighted by Crippen LogP contribution is 2.34. The van der Waals surface area contributed by atoms with E-state index < -0.39 is 0 Å². The van der Waals surface area contributed by atoms with Crippen molar-refractivity contribution >= 4 is 30.1 Å². The van der Waals surface area contributed by atoms with Crippen LogP contribution in [0.5, 0.6) is 0 Å². The number of anilines is 1. The fraction of sp³-hybridized carbons (Fsp3) is 0.533. The normalized spacial score (nSPS) is 20.8. The number of hydrogen-bond donors (Lipinski definition) is 0. The molecule has 0 radical (unpaired) electrons. The van der Waals surface area contributed by atoms with Crippen molar-refractivity contribution in [3.8, 4) is 0 Å². The van der Waals surface area contributed by atoms with E-state index in [2.05, 4.69) is 58.3 Å². The maximum Gasteiger partial charge on any atom is 0.325 e. The van der Waals surface area contributed by atoms with E-state index in [1.807, 2.05) is 4.90 Å². The van der Waals surface area contributed by atoms with Crippen LogP contribution in [-0.2, 0) is 28.9 Å². The van der Waals surface area contributed by atoms with E-state index in [1.54, 1.807) is 0 Å². The summed E-state index contributed by atoms with van der Waals surface area (Å²) in [5.74, 6) is -0.209. The number of urea groups is 1. The molecular weight excluding hydrogens is 486 g/mol. The zero-order chi connectivity index (χ0) is 24.9. The fourth-order valence-electron chi connectivity index (χ4n) is 6.21. The van der Waals surface area contributed by atoms with Crippen molar-refractivity contribution in [2.24, 2.45) is 0 Å². The quantitative estimate of drug-likeness (QED) is 0.441. The van der Waals surface area contributed by atoms with Gasteiger partial charge >= 0.3 is 12.0 Å². The average molecular weight is 526 g/mol. The van der Waals surface area contributed by atoms with Crippen LogP contribution in [0.25, 0.3) is 0 Å². The molecule has 5 rings (SSSR count). The number of carbonyl (C=O) groups excluding carboxylic acids is 2. The summed E-state index contributed by atoms with van der Waals surface area (Å²) in [5.41, 5.74) is 5.06. The van der Waals surface area contributed by atoms with Crippen molar-refractivity contribution in [1.29, 1.82) is 0 Å². The highest BCUT2D eigenvalue weighted by molar-refractivity contribution is 5.95. The van der Waals surface area contributed by atoms with Gasteiger partial charge < -0.3 is 9.64 Å². The number of rotatable bonds is 7. The summed E-state index contributed by atoms with van der Waals surface area (Å²) in [4.78, 5) is 32.3. The molecule has 1 aliphatic carbocycles. The molecule has 6 nitrogen and oxygen atoms in total. The molecule has 2 aliphatic heterocycles. The number of halogens is 1. The molecule has 2 aromatic carbocycles. The molecule has 2 amide bonds. The van der Waals surface area contributed by atoms with Crippen LogP contribution >= 0.6 is 12.4 Å². The van der Waals surface area contributed by atoms with Gasteiger partial charge in [0.2, 0.25) is 0 Å². The molecule has 200 valence electrons. The zero-order valence-electron chi connectivity index (χ0n) is 21.9. The second-order valence-corrected chi connectivity index (χ2v) is 10.6. The minimum Gasteiger partial charge on any atom is -0.469 e. The predicted octanol–water partition coefficient (Wildman–Crippen LogP) is 5.61. The van der Waals surface area contributed by atoms with Gasteiger partial charge in [0.05, 0.1) is 13.2 Å². The molecule has 0 spiro atoms. The number of hydrogen-bond acceptors (Lipinski definition) is 4. The maximum absolute atomic E-state index is 13.7. The first-order valence-corrected chi connectivity index (χ1v) is 13.7. The number of carbonyl (C=O) groups is 2. The van der Waals surface area contributed by atoms with Crippen LogP contribution in [0.2, 0.25) is 0 Å². The molecule has 2 aromatic rings. The van der Waals surface area contributed by atoms with Crippen molar-refractivity contribution in [3.05, 3.63) is 65.2 Å². The molecule has 7 heteroatoms. The van der Waals surface area contributed by atoms with E-state index in [0.717, 1.165) is 51.0 Å². The molecule has 1 saturated heterocycles. The number of esters is 1. The lowest BCUT2D eigenvalue weighted by molar-refractivity contribution is -0.140. The first-order chi connectivity index (χ1) is 17.6. The Morgan fingerprint density at radius 1 is 0.973 bits per heavy atom. The number of methoxy groups -OCH3 is 1. The monoisotopic (exact) mass is 525 g/mol. The van der Waals surface area contributed by atoms with Crippen molar-refractivity contribution < 1.29 is 14.3 Å². The van der Waals surface area contributed by atoms with Gasteiger partial charge in [-0.05, 0) is 60.9 Å². The molecule has 0 aromatic heterocycles. The topological polar surface area (TPSA) is 53.1 Å². The van der Waals surface area contributed by atoms with E-state index >= 15 is 0 Å². The van der Waals surface area contributed by atoms with E-state index in [4.69, 9.17) is 4.74 Å². The Balaban J connectivity index is 0.00000320. The summed E-state index contributed by atoms with van der Waals surface area (Å²) in [6, 6.07) is 17.7. The van der Waals surface area contributed by atoms with Gasteiger partial charge in [0.15, 0.2) is 0 Å². The molecule has 0 bridgehead atoms. The smallest absolute Gasteiger partial charge is 0.325 e. The zero-order valence-corrected chi connectivity index (χ0v) is 22.8. The van der Waals surface area contributed by atoms with Crippen molar-refractivity contribution in [3.63, 3.8) is 0 Å². The fourth-order valence-corrected chi connectivity index (χ4v) is 6.21. The summed E-state index contributed by atoms with van der Waals surface area (Å²) in [7, 11) is 1.43. The molecule has 2 fully saturated rings. The highest BCUT2D eigenvalue weighted by atomic mass is 35.5. The molecule has 0 N–H and O–H groups in total. The minimum absolute atomic E-state index is 0. The van der Waals surface area contributed by atoms with Crippen LogP contribution in [0.1, 0.15) is 61.6 Å². The van der Waals surface area contributed by atoms with Crippen molar-refractivity contribution in [2.75, 3.05) is 31.6 Å². The summed E-state index contributed by atoms with van der Waals surface area (Å²) in [5, 5.41) is 0. The Morgan fingerprint density at radius 2 is 1.70 bits per heavy atom. The van der Waals surface area contributed by atoms with Crippen LogP contribution in [-0.4, -0.2) is 60.6 Å². The SMILES string of the molecule is COC(=O)CCC1CN(C2CCCCC2)C(=O)N1c1ccc2c(c1)CCN(Cc1ccccc1)CC2.Cl. The van der Waals surface area contributed by atoms with Crippen LogP contribution < -0.4 is 4.90 Å². The van der Waals surface area contributed by atoms with Crippen LogP contribution in [0, 0.1) is 0 Å². The van der Waals surface area contributed by atoms with Gasteiger partial charge in [-0.25, -0.2) is 4.79 Å². The number of benzene rings is 2. The first-order valence-electron chi connectivity index (χ1n) is 13.7. The number of ether oxygens (including phenoxy) is 1. The van der Waals surface area contributed by atoms with Gasteiger partial charge in [-0.3, -0.25) is 14.6 Å². The predicted molar refractivity (Wildman–Crippen MR) is 149 cm³/mol. The van der Waals surface area contributed by atoms with E-state index in [1.165, 1.54) is 43.1 Å². The van der Waals surface area contributed by atoms with Crippen molar-refractivity contribution in [2.45, 2.75) is 76.4 Å². The van der Waals surface area contributed by atoms with E-state index in [0.29, 0.717) is 25.4 Å². The Labute approximate surface area is 227 Å². The third kappa shape index (κ3) is 6.47. The number of fused-ring (bicyclic) bond motifs is 1. The Hall–Kier alpha value is -2.57. The van der Waals surface area contributed by atoms with Crippen molar-refractivity contribution in [1.82, 2.24) is 9.80 Å². The number of amides is 2. The highest BCUT2D eigenvalue weighted by Gasteiger charge is 2.41. The lowest BCUT2D eigenvalue weighted by Crippen LogP contribution is -2.40. The molecular formula is C30H40ClN3O3. The summed E-state index contributed by atoms with van der Waals surface area (Å²) in [6.45, 7) is 3.72. The second kappa shape index (κ2) is 12.8. The Bertz CT molecular complexity index is 1060. The molecule has 2 heterocycles. The Kier molecular flexibility index (Phi) is 9.49. The van der Waals surface area contributed by atoms with Crippen LogP contribution in [0.3, 0.4) is 0 Å². The van der Waals surface area contributed by atoms with Crippen LogP contribution in [0.4, 0.5) is 10.5 Å². The molecule has 37 heavy (non-hydrogen) atoms. The van der Waals surface area contributed by atoms with Gasteiger partial charge in [0, 0.05) is 44.3 Å². The largest absolute Gasteiger partial charge is 0.469 e. The first kappa shape index (κ1) is 27.5. The second-order valence-electron chi connectivity index (χ2n) is 10.6. The Morgan fingerprint density at radius 3 is 2.43 bits per heavy atom. The minimum atomic E-state index is -0.209. The summed E-state index contributed by atoms with van der Waals surface area (Å²) >= 11 is 0. The molecule has 1 atom stereocenters. The third-order valence-electron chi connectivity index (χ3n) is 8.26. The molecule has 1 saturated carbocycles. The lowest BCUT2D eigenvalue weighted by Gasteiger charge is -2.30. The van der Waals surface area contributed by atoms with E-state index in [-0.39, 0.29) is 30.4 Å². The van der Waals surface area contributed by atoms with Gasteiger partial charge in [-0.2, -0.15) is 0 Å². The lowest BCUT2D eigenvalue weighted by atomic mass is 9.94. The van der Waals surface area contributed by atoms with Gasteiger partial charge in [0.25, 0.3) is 0 Å². The van der Waals surface area contributed by atoms with E-state index in [9.17, 15) is 9.59 Å². The average Bonchev–Trinajstić information content (AvgIpc) is 3.12. The van der Waals surface area contributed by atoms with Crippen LogP contribution in [0.15, 0.2) is 48.5 Å². The van der Waals surface area contributed by atoms with Gasteiger partial charge in [-0.15, -0.1) is 12.4 Å². The standard InChI is InChI=1S/C30H39N3O3.ClH/c1-36-29(34)15-14-28-22-32(26-10-6-3-7-11-26)30(35)33(28)27-13-12-24-16-18-31(19-17-25(24)20-27)21-23-8-4-2-5-9-23;/h2,4-5,8-9,12-13,20,26,28H,3,6-7,10-11,14-19,21-22H2,1H3;1H.